The Bertz CT molecular complexity index is 419. The van der Waals surface area contributed by atoms with Crippen LogP contribution in [-0.2, 0) is 17.6 Å². The van der Waals surface area contributed by atoms with Crippen LogP contribution in [0, 0.1) is 11.8 Å². The van der Waals surface area contributed by atoms with Crippen molar-refractivity contribution in [2.24, 2.45) is 11.8 Å². The zero-order chi connectivity index (χ0) is 13.8. The molecule has 1 N–H and O–H groups in total. The first-order valence-electron chi connectivity index (χ1n) is 7.05. The van der Waals surface area contributed by atoms with E-state index in [-0.39, 0.29) is 17.9 Å². The second kappa shape index (κ2) is 6.42. The standard InChI is InChI=1S/C16H22ClNO/c1-11(2)15(7-8-17)18-16(19)14-9-12-5-3-4-6-13(12)10-14/h3-6,11,14-15H,7-10H2,1-2H3,(H,18,19). The highest BCUT2D eigenvalue weighted by Crippen LogP contribution is 2.26. The van der Waals surface area contributed by atoms with E-state index in [1.807, 2.05) is 12.1 Å². The summed E-state index contributed by atoms with van der Waals surface area (Å²) >= 11 is 5.81. The lowest BCUT2D eigenvalue weighted by Gasteiger charge is -2.23. The summed E-state index contributed by atoms with van der Waals surface area (Å²) in [6.45, 7) is 4.25. The van der Waals surface area contributed by atoms with Gasteiger partial charge in [-0.2, -0.15) is 0 Å². The molecule has 0 heterocycles. The van der Waals surface area contributed by atoms with E-state index >= 15 is 0 Å². The normalized spacial score (nSPS) is 16.4. The van der Waals surface area contributed by atoms with Gasteiger partial charge in [-0.1, -0.05) is 38.1 Å². The molecule has 1 aliphatic rings. The van der Waals surface area contributed by atoms with Gasteiger partial charge >= 0.3 is 0 Å². The third-order valence-corrected chi connectivity index (χ3v) is 4.19. The van der Waals surface area contributed by atoms with Gasteiger partial charge < -0.3 is 5.32 Å². The number of hydrogen-bond acceptors (Lipinski definition) is 1. The van der Waals surface area contributed by atoms with Crippen LogP contribution in [0.5, 0.6) is 0 Å². The highest BCUT2D eigenvalue weighted by Gasteiger charge is 2.28. The second-order valence-corrected chi connectivity index (χ2v) is 6.09. The molecule has 0 spiro atoms. The minimum atomic E-state index is 0.0916. The van der Waals surface area contributed by atoms with Gasteiger partial charge in [0.05, 0.1) is 0 Å². The SMILES string of the molecule is CC(C)C(CCCl)NC(=O)C1Cc2ccccc2C1. The van der Waals surface area contributed by atoms with Crippen molar-refractivity contribution in [1.82, 2.24) is 5.32 Å². The monoisotopic (exact) mass is 279 g/mol. The van der Waals surface area contributed by atoms with Crippen LogP contribution in [0.4, 0.5) is 0 Å². The molecule has 3 heteroatoms. The highest BCUT2D eigenvalue weighted by atomic mass is 35.5. The summed E-state index contributed by atoms with van der Waals surface area (Å²) in [6.07, 6.45) is 2.58. The number of halogens is 1. The first kappa shape index (κ1) is 14.4. The molecule has 1 unspecified atom stereocenters. The van der Waals surface area contributed by atoms with Crippen LogP contribution in [-0.4, -0.2) is 17.8 Å². The lowest BCUT2D eigenvalue weighted by molar-refractivity contribution is -0.125. The minimum absolute atomic E-state index is 0.0916. The van der Waals surface area contributed by atoms with Crippen LogP contribution >= 0.6 is 11.6 Å². The van der Waals surface area contributed by atoms with Gasteiger partial charge in [-0.3, -0.25) is 4.79 Å². The van der Waals surface area contributed by atoms with Crippen molar-refractivity contribution in [3.05, 3.63) is 35.4 Å². The lowest BCUT2D eigenvalue weighted by Crippen LogP contribution is -2.42. The van der Waals surface area contributed by atoms with Crippen LogP contribution in [0.3, 0.4) is 0 Å². The average Bonchev–Trinajstić information content (AvgIpc) is 2.81. The molecule has 0 saturated carbocycles. The number of carbonyl (C=O) groups is 1. The molecule has 1 amide bonds. The summed E-state index contributed by atoms with van der Waals surface area (Å²) < 4.78 is 0. The van der Waals surface area contributed by atoms with Gasteiger partial charge in [-0.25, -0.2) is 0 Å². The first-order chi connectivity index (χ1) is 9.11. The fourth-order valence-electron chi connectivity index (χ4n) is 2.73. The third kappa shape index (κ3) is 3.50. The average molecular weight is 280 g/mol. The van der Waals surface area contributed by atoms with E-state index in [1.165, 1.54) is 11.1 Å². The largest absolute Gasteiger partial charge is 0.353 e. The molecule has 0 fully saturated rings. The van der Waals surface area contributed by atoms with E-state index in [1.54, 1.807) is 0 Å². The molecule has 0 bridgehead atoms. The summed E-state index contributed by atoms with van der Waals surface area (Å²) in [5.74, 6) is 1.29. The van der Waals surface area contributed by atoms with Gasteiger partial charge in [0.15, 0.2) is 0 Å². The lowest BCUT2D eigenvalue weighted by atomic mass is 9.99. The maximum atomic E-state index is 12.3. The number of benzene rings is 1. The summed E-state index contributed by atoms with van der Waals surface area (Å²) in [5.41, 5.74) is 2.64. The summed E-state index contributed by atoms with van der Waals surface area (Å²) in [4.78, 5) is 12.3. The Kier molecular flexibility index (Phi) is 4.87. The molecule has 1 aromatic rings. The highest BCUT2D eigenvalue weighted by molar-refractivity contribution is 6.17. The number of nitrogens with one attached hydrogen (secondary N) is 1. The maximum absolute atomic E-state index is 12.3. The number of carbonyl (C=O) groups excluding carboxylic acids is 1. The molecule has 0 aliphatic heterocycles. The molecule has 0 saturated heterocycles. The van der Waals surface area contributed by atoms with Gasteiger partial charge in [-0.15, -0.1) is 11.6 Å². The van der Waals surface area contributed by atoms with Crippen molar-refractivity contribution < 1.29 is 4.79 Å². The van der Waals surface area contributed by atoms with Gasteiger partial charge in [0.25, 0.3) is 0 Å². The Hall–Kier alpha value is -1.02. The van der Waals surface area contributed by atoms with Crippen molar-refractivity contribution in [1.29, 1.82) is 0 Å². The van der Waals surface area contributed by atoms with Crippen molar-refractivity contribution in [2.75, 3.05) is 5.88 Å². The van der Waals surface area contributed by atoms with Gasteiger partial charge in [0.1, 0.15) is 0 Å². The molecule has 2 rings (SSSR count). The van der Waals surface area contributed by atoms with Crippen LogP contribution < -0.4 is 5.32 Å². The Morgan fingerprint density at radius 3 is 2.37 bits per heavy atom. The predicted molar refractivity (Wildman–Crippen MR) is 79.4 cm³/mol. The maximum Gasteiger partial charge on any atom is 0.224 e. The molecule has 19 heavy (non-hydrogen) atoms. The third-order valence-electron chi connectivity index (χ3n) is 3.97. The van der Waals surface area contributed by atoms with E-state index in [4.69, 9.17) is 11.6 Å². The van der Waals surface area contributed by atoms with E-state index in [0.717, 1.165) is 19.3 Å². The molecule has 0 aromatic heterocycles. The molecule has 1 atom stereocenters. The Labute approximate surface area is 120 Å². The first-order valence-corrected chi connectivity index (χ1v) is 7.58. The van der Waals surface area contributed by atoms with Gasteiger partial charge in [0.2, 0.25) is 5.91 Å². The van der Waals surface area contributed by atoms with Crippen molar-refractivity contribution >= 4 is 17.5 Å². The molecule has 1 aliphatic carbocycles. The topological polar surface area (TPSA) is 29.1 Å². The number of alkyl halides is 1. The summed E-state index contributed by atoms with van der Waals surface area (Å²) in [5, 5.41) is 3.17. The molecular weight excluding hydrogens is 258 g/mol. The van der Waals surface area contributed by atoms with E-state index in [2.05, 4.69) is 31.3 Å². The fraction of sp³-hybridized carbons (Fsp3) is 0.562. The fourth-order valence-corrected chi connectivity index (χ4v) is 2.97. The van der Waals surface area contributed by atoms with Crippen LogP contribution in [0.1, 0.15) is 31.4 Å². The van der Waals surface area contributed by atoms with Gasteiger partial charge in [0, 0.05) is 17.8 Å². The van der Waals surface area contributed by atoms with Crippen molar-refractivity contribution in [3.63, 3.8) is 0 Å². The van der Waals surface area contributed by atoms with E-state index in [9.17, 15) is 4.79 Å². The second-order valence-electron chi connectivity index (χ2n) is 5.71. The quantitative estimate of drug-likeness (QED) is 0.824. The molecule has 104 valence electrons. The minimum Gasteiger partial charge on any atom is -0.353 e. The van der Waals surface area contributed by atoms with Crippen LogP contribution in [0.15, 0.2) is 24.3 Å². The zero-order valence-corrected chi connectivity index (χ0v) is 12.4. The number of amides is 1. The summed E-state index contributed by atoms with van der Waals surface area (Å²) in [6, 6.07) is 8.53. The Morgan fingerprint density at radius 2 is 1.89 bits per heavy atom. The molecular formula is C16H22ClNO. The smallest absolute Gasteiger partial charge is 0.224 e. The van der Waals surface area contributed by atoms with E-state index < -0.39 is 0 Å². The van der Waals surface area contributed by atoms with Crippen LogP contribution in [0.25, 0.3) is 0 Å². The van der Waals surface area contributed by atoms with Crippen LogP contribution in [0.2, 0.25) is 0 Å². The number of fused-ring (bicyclic) bond motifs is 1. The number of hydrogen-bond donors (Lipinski definition) is 1. The Morgan fingerprint density at radius 1 is 1.32 bits per heavy atom. The van der Waals surface area contributed by atoms with Gasteiger partial charge in [-0.05, 0) is 36.3 Å². The van der Waals surface area contributed by atoms with E-state index in [0.29, 0.717) is 11.8 Å². The van der Waals surface area contributed by atoms with Crippen molar-refractivity contribution in [2.45, 2.75) is 39.2 Å². The zero-order valence-electron chi connectivity index (χ0n) is 11.7. The van der Waals surface area contributed by atoms with Crippen molar-refractivity contribution in [3.8, 4) is 0 Å². The predicted octanol–water partition coefficient (Wildman–Crippen LogP) is 3.17. The summed E-state index contributed by atoms with van der Waals surface area (Å²) in [7, 11) is 0. The Balaban J connectivity index is 1.95. The molecule has 0 radical (unpaired) electrons. The molecule has 1 aromatic carbocycles. The number of rotatable bonds is 5. The molecule has 2 nitrogen and oxygen atoms in total.